The molecule has 2 aromatic rings. The van der Waals surface area contributed by atoms with Gasteiger partial charge in [-0.3, -0.25) is 19.3 Å². The molecule has 1 N–H and O–H groups in total. The van der Waals surface area contributed by atoms with Crippen molar-refractivity contribution in [3.05, 3.63) is 62.6 Å². The van der Waals surface area contributed by atoms with Crippen LogP contribution in [0.15, 0.2) is 36.4 Å². The van der Waals surface area contributed by atoms with Gasteiger partial charge in [0.25, 0.3) is 11.8 Å². The van der Waals surface area contributed by atoms with Crippen LogP contribution in [-0.2, 0) is 4.79 Å². The Kier molecular flexibility index (Phi) is 6.05. The van der Waals surface area contributed by atoms with Gasteiger partial charge >= 0.3 is 0 Å². The minimum atomic E-state index is -0.356. The smallest absolute Gasteiger partial charge is 0.261 e. The van der Waals surface area contributed by atoms with Crippen molar-refractivity contribution in [2.75, 3.05) is 11.9 Å². The van der Waals surface area contributed by atoms with E-state index in [1.54, 1.807) is 24.3 Å². The maximum Gasteiger partial charge on any atom is 0.261 e. The highest BCUT2D eigenvalue weighted by Crippen LogP contribution is 2.37. The Hall–Kier alpha value is -2.08. The molecule has 156 valence electrons. The standard InChI is InChI=1S/C22H19Cl3N2O3/c23-13-9-17(24)19(18(25)10-13)26-20(28)14-6-2-1-5-12(14)11-27-21(29)15-7-3-4-8-16(15)22(27)30/h3-4,7-10,12,14H,1-2,5-6,11H2,(H,26,28). The second kappa shape index (κ2) is 8.58. The van der Waals surface area contributed by atoms with Crippen LogP contribution in [0.25, 0.3) is 0 Å². The Morgan fingerprint density at radius 1 is 0.967 bits per heavy atom. The molecule has 2 aliphatic rings. The van der Waals surface area contributed by atoms with Crippen LogP contribution in [0.5, 0.6) is 0 Å². The van der Waals surface area contributed by atoms with Gasteiger partial charge in [-0.25, -0.2) is 0 Å². The molecule has 3 amide bonds. The summed E-state index contributed by atoms with van der Waals surface area (Å²) in [5.74, 6) is -1.31. The summed E-state index contributed by atoms with van der Waals surface area (Å²) in [4.78, 5) is 39.8. The Balaban J connectivity index is 1.52. The van der Waals surface area contributed by atoms with Gasteiger partial charge in [-0.05, 0) is 43.0 Å². The number of nitrogens with one attached hydrogen (secondary N) is 1. The first-order chi connectivity index (χ1) is 14.4. The number of fused-ring (bicyclic) bond motifs is 1. The van der Waals surface area contributed by atoms with Crippen LogP contribution in [0, 0.1) is 11.8 Å². The summed E-state index contributed by atoms with van der Waals surface area (Å²) in [6, 6.07) is 9.83. The fraction of sp³-hybridized carbons (Fsp3) is 0.318. The van der Waals surface area contributed by atoms with Crippen molar-refractivity contribution in [2.45, 2.75) is 25.7 Å². The van der Waals surface area contributed by atoms with Crippen molar-refractivity contribution in [3.63, 3.8) is 0 Å². The Morgan fingerprint density at radius 2 is 1.53 bits per heavy atom. The number of nitrogens with zero attached hydrogens (tertiary/aromatic N) is 1. The van der Waals surface area contributed by atoms with E-state index in [9.17, 15) is 14.4 Å². The zero-order valence-corrected chi connectivity index (χ0v) is 18.2. The average Bonchev–Trinajstić information content (AvgIpc) is 2.96. The molecule has 1 fully saturated rings. The molecule has 1 aliphatic heterocycles. The summed E-state index contributed by atoms with van der Waals surface area (Å²) in [5, 5.41) is 3.71. The minimum absolute atomic E-state index is 0.134. The topological polar surface area (TPSA) is 66.5 Å². The van der Waals surface area contributed by atoms with Crippen molar-refractivity contribution in [1.82, 2.24) is 4.90 Å². The number of halogens is 3. The number of carbonyl (C=O) groups excluding carboxylic acids is 3. The molecule has 0 bridgehead atoms. The van der Waals surface area contributed by atoms with Crippen LogP contribution in [-0.4, -0.2) is 29.2 Å². The highest BCUT2D eigenvalue weighted by molar-refractivity contribution is 6.42. The van der Waals surface area contributed by atoms with Crippen molar-refractivity contribution in [2.24, 2.45) is 11.8 Å². The number of hydrogen-bond acceptors (Lipinski definition) is 3. The first-order valence-corrected chi connectivity index (χ1v) is 10.9. The van der Waals surface area contributed by atoms with E-state index in [2.05, 4.69) is 5.32 Å². The quantitative estimate of drug-likeness (QED) is 0.590. The highest BCUT2D eigenvalue weighted by Gasteiger charge is 2.40. The zero-order chi connectivity index (χ0) is 21.4. The fourth-order valence-corrected chi connectivity index (χ4v) is 5.20. The molecular formula is C22H19Cl3N2O3. The average molecular weight is 466 g/mol. The molecule has 30 heavy (non-hydrogen) atoms. The van der Waals surface area contributed by atoms with Gasteiger partial charge in [-0.2, -0.15) is 0 Å². The van der Waals surface area contributed by atoms with E-state index in [1.807, 2.05) is 0 Å². The number of imide groups is 1. The molecule has 0 spiro atoms. The van der Waals surface area contributed by atoms with Crippen LogP contribution < -0.4 is 5.32 Å². The molecule has 5 nitrogen and oxygen atoms in total. The van der Waals surface area contributed by atoms with Crippen molar-refractivity contribution >= 4 is 58.2 Å². The molecule has 1 aliphatic carbocycles. The summed E-state index contributed by atoms with van der Waals surface area (Å²) in [5.41, 5.74) is 1.15. The van der Waals surface area contributed by atoms with Crippen molar-refractivity contribution in [3.8, 4) is 0 Å². The molecule has 2 atom stereocenters. The molecule has 0 saturated heterocycles. The number of benzene rings is 2. The number of hydrogen-bond donors (Lipinski definition) is 1. The van der Waals surface area contributed by atoms with E-state index >= 15 is 0 Å². The van der Waals surface area contributed by atoms with E-state index < -0.39 is 0 Å². The van der Waals surface area contributed by atoms with Gasteiger partial charge in [0, 0.05) is 17.5 Å². The van der Waals surface area contributed by atoms with Gasteiger partial charge in [0.1, 0.15) is 0 Å². The molecule has 0 radical (unpaired) electrons. The lowest BCUT2D eigenvalue weighted by Crippen LogP contribution is -2.41. The SMILES string of the molecule is O=C(Nc1c(Cl)cc(Cl)cc1Cl)C1CCCCC1CN1C(=O)c2ccccc2C1=O. The lowest BCUT2D eigenvalue weighted by atomic mass is 9.78. The number of carbonyl (C=O) groups is 3. The highest BCUT2D eigenvalue weighted by atomic mass is 35.5. The third kappa shape index (κ3) is 3.94. The van der Waals surface area contributed by atoms with Gasteiger partial charge in [-0.15, -0.1) is 0 Å². The maximum atomic E-state index is 13.1. The molecule has 0 aromatic heterocycles. The predicted molar refractivity (Wildman–Crippen MR) is 117 cm³/mol. The number of amides is 3. The van der Waals surface area contributed by atoms with E-state index in [4.69, 9.17) is 34.8 Å². The van der Waals surface area contributed by atoms with Gasteiger partial charge < -0.3 is 5.32 Å². The van der Waals surface area contributed by atoms with Gasteiger partial charge in [0.05, 0.1) is 26.9 Å². The Morgan fingerprint density at radius 3 is 2.13 bits per heavy atom. The Labute approximate surface area is 189 Å². The molecule has 8 heteroatoms. The molecule has 2 aromatic carbocycles. The molecule has 4 rings (SSSR count). The van der Waals surface area contributed by atoms with Crippen LogP contribution in [0.2, 0.25) is 15.1 Å². The lowest BCUT2D eigenvalue weighted by Gasteiger charge is -2.33. The van der Waals surface area contributed by atoms with E-state index in [0.29, 0.717) is 28.3 Å². The fourth-order valence-electron chi connectivity index (χ4n) is 4.29. The van der Waals surface area contributed by atoms with Gasteiger partial charge in [0.15, 0.2) is 0 Å². The molecule has 2 unspecified atom stereocenters. The molecule has 1 heterocycles. The maximum absolute atomic E-state index is 13.1. The van der Waals surface area contributed by atoms with E-state index in [1.165, 1.54) is 17.0 Å². The lowest BCUT2D eigenvalue weighted by molar-refractivity contribution is -0.122. The van der Waals surface area contributed by atoms with Gasteiger partial charge in [0.2, 0.25) is 5.91 Å². The van der Waals surface area contributed by atoms with E-state index in [-0.39, 0.29) is 46.1 Å². The van der Waals surface area contributed by atoms with Gasteiger partial charge in [-0.1, -0.05) is 59.8 Å². The largest absolute Gasteiger partial charge is 0.323 e. The summed E-state index contributed by atoms with van der Waals surface area (Å²) in [6.07, 6.45) is 3.27. The minimum Gasteiger partial charge on any atom is -0.323 e. The summed E-state index contributed by atoms with van der Waals surface area (Å²) in [6.45, 7) is 0.215. The summed E-state index contributed by atoms with van der Waals surface area (Å²) < 4.78 is 0. The monoisotopic (exact) mass is 464 g/mol. The van der Waals surface area contributed by atoms with Crippen molar-refractivity contribution in [1.29, 1.82) is 0 Å². The van der Waals surface area contributed by atoms with Crippen molar-refractivity contribution < 1.29 is 14.4 Å². The zero-order valence-electron chi connectivity index (χ0n) is 16.0. The first-order valence-electron chi connectivity index (χ1n) is 9.77. The second-order valence-electron chi connectivity index (χ2n) is 7.65. The summed E-state index contributed by atoms with van der Waals surface area (Å²) in [7, 11) is 0. The molecule has 1 saturated carbocycles. The van der Waals surface area contributed by atoms with E-state index in [0.717, 1.165) is 19.3 Å². The number of anilines is 1. The predicted octanol–water partition coefficient (Wildman–Crippen LogP) is 5.69. The van der Waals surface area contributed by atoms with Crippen LogP contribution in [0.4, 0.5) is 5.69 Å². The van der Waals surface area contributed by atoms with Crippen LogP contribution in [0.1, 0.15) is 46.4 Å². The van der Waals surface area contributed by atoms with Crippen LogP contribution in [0.3, 0.4) is 0 Å². The molecular weight excluding hydrogens is 447 g/mol. The summed E-state index contributed by atoms with van der Waals surface area (Å²) >= 11 is 18.3. The number of rotatable bonds is 4. The second-order valence-corrected chi connectivity index (χ2v) is 8.90. The Bertz CT molecular complexity index is 982. The third-order valence-corrected chi connectivity index (χ3v) is 6.61. The first kappa shape index (κ1) is 21.2. The van der Waals surface area contributed by atoms with Crippen LogP contribution >= 0.6 is 34.8 Å². The third-order valence-electron chi connectivity index (χ3n) is 5.80. The normalized spacial score (nSPS) is 21.0.